The Hall–Kier alpha value is -1.59. The van der Waals surface area contributed by atoms with Crippen molar-refractivity contribution in [2.45, 2.75) is 52.0 Å². The van der Waals surface area contributed by atoms with Gasteiger partial charge in [-0.25, -0.2) is 0 Å². The number of hydrogen-bond donors (Lipinski definition) is 2. The van der Waals surface area contributed by atoms with E-state index in [2.05, 4.69) is 17.6 Å². The molecular weight excluding hydrogens is 362 g/mol. The number of carbonyl (C=O) groups is 2. The van der Waals surface area contributed by atoms with Crippen LogP contribution in [0.4, 0.5) is 0 Å². The van der Waals surface area contributed by atoms with Gasteiger partial charge in [-0.1, -0.05) is 50.6 Å². The maximum absolute atomic E-state index is 12.9. The molecule has 2 rings (SSSR count). The quantitative estimate of drug-likeness (QED) is 0.675. The fourth-order valence-electron chi connectivity index (χ4n) is 3.50. The van der Waals surface area contributed by atoms with Crippen molar-refractivity contribution in [1.82, 2.24) is 15.5 Å². The van der Waals surface area contributed by atoms with Gasteiger partial charge in [-0.05, 0) is 43.8 Å². The highest BCUT2D eigenvalue weighted by molar-refractivity contribution is 5.88. The number of nitrogens with zero attached hydrogens (tertiary/aromatic N) is 1. The average molecular weight is 396 g/mol. The summed E-state index contributed by atoms with van der Waals surface area (Å²) in [4.78, 5) is 27.2. The van der Waals surface area contributed by atoms with Crippen molar-refractivity contribution in [3.63, 3.8) is 0 Å². The number of carbonyl (C=O) groups excluding carboxylic acids is 2. The zero-order valence-electron chi connectivity index (χ0n) is 16.6. The number of nitrogens with one attached hydrogen (secondary N) is 2. The largest absolute Gasteiger partial charge is 0.344 e. The summed E-state index contributed by atoms with van der Waals surface area (Å²) in [5, 5.41) is 6.36. The topological polar surface area (TPSA) is 61.4 Å². The van der Waals surface area contributed by atoms with E-state index >= 15 is 0 Å². The highest BCUT2D eigenvalue weighted by Gasteiger charge is 2.28. The highest BCUT2D eigenvalue weighted by atomic mass is 35.5. The van der Waals surface area contributed by atoms with E-state index in [9.17, 15) is 9.59 Å². The Morgan fingerprint density at radius 3 is 2.41 bits per heavy atom. The minimum Gasteiger partial charge on any atom is -0.344 e. The number of likely N-dealkylation sites (tertiary alicyclic amines) is 1. The van der Waals surface area contributed by atoms with Crippen molar-refractivity contribution in [3.05, 3.63) is 35.9 Å². The van der Waals surface area contributed by atoms with E-state index in [4.69, 9.17) is 0 Å². The molecule has 6 heteroatoms. The first-order valence-corrected chi connectivity index (χ1v) is 9.96. The van der Waals surface area contributed by atoms with Crippen LogP contribution in [0.2, 0.25) is 0 Å². The van der Waals surface area contributed by atoms with Crippen LogP contribution in [0.5, 0.6) is 0 Å². The summed E-state index contributed by atoms with van der Waals surface area (Å²) in [7, 11) is 0. The standard InChI is InChI=1S/C21H33N3O2.ClH/c1-3-8-19(23-20(25)15-17-9-6-5-7-10-17)21(26)24-13-11-18(12-14-24)16-22-4-2;/h5-7,9-10,18-19,22H,3-4,8,11-16H2,1-2H3,(H,23,25);1H. The fourth-order valence-corrected chi connectivity index (χ4v) is 3.50. The molecule has 152 valence electrons. The summed E-state index contributed by atoms with van der Waals surface area (Å²) in [6, 6.07) is 9.26. The van der Waals surface area contributed by atoms with Crippen LogP contribution < -0.4 is 10.6 Å². The van der Waals surface area contributed by atoms with E-state index in [1.54, 1.807) is 0 Å². The molecule has 1 heterocycles. The first kappa shape index (κ1) is 23.4. The van der Waals surface area contributed by atoms with Crippen LogP contribution in [-0.2, 0) is 16.0 Å². The molecule has 2 N–H and O–H groups in total. The highest BCUT2D eigenvalue weighted by Crippen LogP contribution is 2.18. The molecule has 1 aliphatic heterocycles. The van der Waals surface area contributed by atoms with Gasteiger partial charge in [0.15, 0.2) is 0 Å². The number of rotatable bonds is 9. The number of amides is 2. The van der Waals surface area contributed by atoms with Crippen LogP contribution in [-0.4, -0.2) is 48.9 Å². The van der Waals surface area contributed by atoms with Crippen LogP contribution in [0, 0.1) is 5.92 Å². The Balaban J connectivity index is 0.00000364. The fraction of sp³-hybridized carbons (Fsp3) is 0.619. The lowest BCUT2D eigenvalue weighted by atomic mass is 9.96. The molecule has 27 heavy (non-hydrogen) atoms. The molecule has 1 unspecified atom stereocenters. The van der Waals surface area contributed by atoms with Crippen molar-refractivity contribution in [1.29, 1.82) is 0 Å². The van der Waals surface area contributed by atoms with Crippen molar-refractivity contribution in [2.24, 2.45) is 5.92 Å². The lowest BCUT2D eigenvalue weighted by Gasteiger charge is -2.34. The van der Waals surface area contributed by atoms with Gasteiger partial charge < -0.3 is 15.5 Å². The van der Waals surface area contributed by atoms with E-state index in [0.717, 1.165) is 51.0 Å². The molecule has 1 saturated heterocycles. The van der Waals surface area contributed by atoms with Crippen molar-refractivity contribution in [3.8, 4) is 0 Å². The molecule has 0 spiro atoms. The molecule has 1 aromatic rings. The minimum atomic E-state index is -0.401. The molecule has 5 nitrogen and oxygen atoms in total. The molecule has 0 saturated carbocycles. The molecule has 1 aliphatic rings. The first-order chi connectivity index (χ1) is 12.6. The summed E-state index contributed by atoms with van der Waals surface area (Å²) >= 11 is 0. The van der Waals surface area contributed by atoms with Crippen LogP contribution in [0.3, 0.4) is 0 Å². The third-order valence-corrected chi connectivity index (χ3v) is 5.03. The summed E-state index contributed by atoms with van der Waals surface area (Å²) in [6.45, 7) is 7.78. The molecule has 2 amide bonds. The second kappa shape index (κ2) is 12.7. The van der Waals surface area contributed by atoms with Crippen molar-refractivity contribution < 1.29 is 9.59 Å². The zero-order valence-corrected chi connectivity index (χ0v) is 17.4. The minimum absolute atomic E-state index is 0. The summed E-state index contributed by atoms with van der Waals surface area (Å²) in [5.41, 5.74) is 0.969. The summed E-state index contributed by atoms with van der Waals surface area (Å²) < 4.78 is 0. The lowest BCUT2D eigenvalue weighted by Crippen LogP contribution is -2.51. The zero-order chi connectivity index (χ0) is 18.8. The Morgan fingerprint density at radius 1 is 1.15 bits per heavy atom. The summed E-state index contributed by atoms with van der Waals surface area (Å²) in [5.74, 6) is 0.650. The van der Waals surface area contributed by atoms with Gasteiger partial charge in [-0.2, -0.15) is 0 Å². The van der Waals surface area contributed by atoms with E-state index < -0.39 is 6.04 Å². The monoisotopic (exact) mass is 395 g/mol. The molecule has 0 bridgehead atoms. The third kappa shape index (κ3) is 7.89. The SMILES string of the molecule is CCCC(NC(=O)Cc1ccccc1)C(=O)N1CCC(CNCC)CC1.Cl. The molecule has 1 atom stereocenters. The lowest BCUT2D eigenvalue weighted by molar-refractivity contribution is -0.137. The van der Waals surface area contributed by atoms with Gasteiger partial charge in [0, 0.05) is 13.1 Å². The van der Waals surface area contributed by atoms with Crippen LogP contribution in [0.25, 0.3) is 0 Å². The number of hydrogen-bond acceptors (Lipinski definition) is 3. The smallest absolute Gasteiger partial charge is 0.245 e. The van der Waals surface area contributed by atoms with Gasteiger partial charge in [-0.3, -0.25) is 9.59 Å². The van der Waals surface area contributed by atoms with Crippen molar-refractivity contribution in [2.75, 3.05) is 26.2 Å². The molecule has 0 aromatic heterocycles. The second-order valence-corrected chi connectivity index (χ2v) is 7.15. The number of piperidine rings is 1. The van der Waals surface area contributed by atoms with E-state index in [0.29, 0.717) is 18.8 Å². The second-order valence-electron chi connectivity index (χ2n) is 7.15. The van der Waals surface area contributed by atoms with Gasteiger partial charge in [0.2, 0.25) is 11.8 Å². The predicted molar refractivity (Wildman–Crippen MR) is 112 cm³/mol. The number of halogens is 1. The summed E-state index contributed by atoms with van der Waals surface area (Å²) in [6.07, 6.45) is 3.96. The average Bonchev–Trinajstić information content (AvgIpc) is 2.66. The molecule has 0 radical (unpaired) electrons. The van der Waals surface area contributed by atoms with E-state index in [1.165, 1.54) is 0 Å². The maximum atomic E-state index is 12.9. The van der Waals surface area contributed by atoms with Gasteiger partial charge in [0.25, 0.3) is 0 Å². The van der Waals surface area contributed by atoms with Crippen LogP contribution in [0.15, 0.2) is 30.3 Å². The molecule has 0 aliphatic carbocycles. The Kier molecular flexibility index (Phi) is 11.1. The van der Waals surface area contributed by atoms with Gasteiger partial charge in [0.1, 0.15) is 6.04 Å². The molecule has 1 aromatic carbocycles. The number of benzene rings is 1. The third-order valence-electron chi connectivity index (χ3n) is 5.03. The Morgan fingerprint density at radius 2 is 1.81 bits per heavy atom. The molecule has 1 fully saturated rings. The first-order valence-electron chi connectivity index (χ1n) is 9.96. The van der Waals surface area contributed by atoms with Gasteiger partial charge in [0.05, 0.1) is 6.42 Å². The maximum Gasteiger partial charge on any atom is 0.245 e. The molecular formula is C21H34ClN3O2. The van der Waals surface area contributed by atoms with Crippen molar-refractivity contribution >= 4 is 24.2 Å². The predicted octanol–water partition coefficient (Wildman–Crippen LogP) is 2.78. The normalized spacial score (nSPS) is 15.7. The van der Waals surface area contributed by atoms with Gasteiger partial charge in [-0.15, -0.1) is 12.4 Å². The van der Waals surface area contributed by atoms with Crippen LogP contribution >= 0.6 is 12.4 Å². The van der Waals surface area contributed by atoms with E-state index in [1.807, 2.05) is 42.2 Å². The Bertz CT molecular complexity index is 560. The van der Waals surface area contributed by atoms with Crippen LogP contribution in [0.1, 0.15) is 45.1 Å². The Labute approximate surface area is 169 Å². The van der Waals surface area contributed by atoms with Gasteiger partial charge >= 0.3 is 0 Å². The van der Waals surface area contributed by atoms with E-state index in [-0.39, 0.29) is 24.2 Å².